The Kier molecular flexibility index (Phi) is 7.83. The Morgan fingerprint density at radius 1 is 0.377 bits per heavy atom. The second-order valence-electron chi connectivity index (χ2n) is 14.0. The zero-order chi connectivity index (χ0) is 35.9. The maximum Gasteiger partial charge on any atom is 0.187 e. The molecule has 4 nitrogen and oxygen atoms in total. The van der Waals surface area contributed by atoms with Crippen molar-refractivity contribution in [1.82, 2.24) is 15.0 Å². The van der Waals surface area contributed by atoms with E-state index in [2.05, 4.69) is 164 Å². The van der Waals surface area contributed by atoms with Gasteiger partial charge >= 0.3 is 0 Å². The monoisotopic (exact) mass is 678 g/mol. The summed E-state index contributed by atoms with van der Waals surface area (Å²) < 4.78 is 0. The minimum absolute atomic E-state index is 0.155. The van der Waals surface area contributed by atoms with Crippen LogP contribution in [-0.4, -0.2) is 15.0 Å². The number of hydrogen-bond acceptors (Lipinski definition) is 3. The molecule has 4 heteroatoms. The molecule has 8 aromatic rings. The summed E-state index contributed by atoms with van der Waals surface area (Å²) in [6, 6.07) is 58.8. The van der Waals surface area contributed by atoms with Gasteiger partial charge in [-0.25, -0.2) is 19.8 Å². The van der Waals surface area contributed by atoms with Crippen LogP contribution >= 0.6 is 0 Å². The molecule has 0 radical (unpaired) electrons. The molecule has 0 amide bonds. The minimum atomic E-state index is -0.155. The van der Waals surface area contributed by atoms with Gasteiger partial charge in [0.1, 0.15) is 0 Å². The van der Waals surface area contributed by atoms with Crippen LogP contribution in [0.5, 0.6) is 0 Å². The van der Waals surface area contributed by atoms with Gasteiger partial charge in [-0.1, -0.05) is 172 Å². The normalized spacial score (nSPS) is 12.5. The zero-order valence-corrected chi connectivity index (χ0v) is 29.5. The molecule has 0 atom stereocenters. The fourth-order valence-electron chi connectivity index (χ4n) is 7.45. The summed E-state index contributed by atoms with van der Waals surface area (Å²) in [6.45, 7) is 12.0. The van der Waals surface area contributed by atoms with Crippen molar-refractivity contribution in [3.05, 3.63) is 192 Å². The second kappa shape index (κ2) is 13.0. The Balaban J connectivity index is 1.08. The second-order valence-corrected chi connectivity index (χ2v) is 14.0. The standard InChI is InChI=1S/C49H34N4/c1-49(2)44-29-27-41(50-3)31-43(44)42-28-26-40(30-45(42)49)36-18-24-39(25-19-36)48-52-46(37-20-14-34(15-21-37)32-10-6-4-7-11-32)51-47(53-48)38-22-16-35(17-23-38)33-12-8-5-9-13-33/h4-31H,1-2H3. The highest BCUT2D eigenvalue weighted by Crippen LogP contribution is 2.50. The molecule has 0 bridgehead atoms. The Morgan fingerprint density at radius 2 is 0.774 bits per heavy atom. The van der Waals surface area contributed by atoms with Crippen LogP contribution in [-0.2, 0) is 5.41 Å². The Morgan fingerprint density at radius 3 is 1.23 bits per heavy atom. The van der Waals surface area contributed by atoms with Gasteiger partial charge in [0.05, 0.1) is 6.57 Å². The van der Waals surface area contributed by atoms with Crippen LogP contribution in [0.4, 0.5) is 5.69 Å². The van der Waals surface area contributed by atoms with Crippen LogP contribution in [0.3, 0.4) is 0 Å². The first-order chi connectivity index (χ1) is 25.9. The fourth-order valence-corrected chi connectivity index (χ4v) is 7.45. The van der Waals surface area contributed by atoms with Crippen molar-refractivity contribution < 1.29 is 0 Å². The van der Waals surface area contributed by atoms with Crippen LogP contribution in [0.2, 0.25) is 0 Å². The highest BCUT2D eigenvalue weighted by molar-refractivity contribution is 5.86. The Bertz CT molecular complexity index is 2550. The minimum Gasteiger partial charge on any atom is -0.238 e. The average molecular weight is 679 g/mol. The van der Waals surface area contributed by atoms with E-state index in [1.165, 1.54) is 27.8 Å². The lowest BCUT2D eigenvalue weighted by molar-refractivity contribution is 0.660. The molecular formula is C49H34N4. The largest absolute Gasteiger partial charge is 0.238 e. The van der Waals surface area contributed by atoms with Crippen LogP contribution in [0.15, 0.2) is 170 Å². The SMILES string of the molecule is [C-]#[N+]c1ccc2c(c1)-c1ccc(-c3ccc(-c4nc(-c5ccc(-c6ccccc6)cc5)nc(-c5ccc(-c6ccccc6)cc5)n4)cc3)cc1C2(C)C. The third-order valence-electron chi connectivity index (χ3n) is 10.4. The molecule has 1 heterocycles. The summed E-state index contributed by atoms with van der Waals surface area (Å²) in [5.41, 5.74) is 15.1. The van der Waals surface area contributed by atoms with Gasteiger partial charge < -0.3 is 0 Å². The first kappa shape index (κ1) is 32.0. The highest BCUT2D eigenvalue weighted by Gasteiger charge is 2.35. The van der Waals surface area contributed by atoms with E-state index in [0.29, 0.717) is 23.2 Å². The number of hydrogen-bond donors (Lipinski definition) is 0. The molecule has 0 spiro atoms. The van der Waals surface area contributed by atoms with Crippen LogP contribution in [0, 0.1) is 6.57 Å². The van der Waals surface area contributed by atoms with Crippen LogP contribution in [0.25, 0.3) is 83.5 Å². The van der Waals surface area contributed by atoms with Gasteiger partial charge in [-0.2, -0.15) is 0 Å². The third-order valence-corrected chi connectivity index (χ3v) is 10.4. The van der Waals surface area contributed by atoms with E-state index < -0.39 is 0 Å². The summed E-state index contributed by atoms with van der Waals surface area (Å²) in [6.07, 6.45) is 0. The van der Waals surface area contributed by atoms with Crippen LogP contribution in [0.1, 0.15) is 25.0 Å². The molecule has 0 fully saturated rings. The molecule has 1 aromatic heterocycles. The lowest BCUT2D eigenvalue weighted by Gasteiger charge is -2.22. The average Bonchev–Trinajstić information content (AvgIpc) is 3.46. The summed E-state index contributed by atoms with van der Waals surface area (Å²) >= 11 is 0. The molecule has 53 heavy (non-hydrogen) atoms. The maximum atomic E-state index is 7.51. The summed E-state index contributed by atoms with van der Waals surface area (Å²) in [4.78, 5) is 18.7. The number of nitrogens with zero attached hydrogens (tertiary/aromatic N) is 4. The van der Waals surface area contributed by atoms with Crippen molar-refractivity contribution in [3.63, 3.8) is 0 Å². The topological polar surface area (TPSA) is 43.0 Å². The Labute approximate surface area is 310 Å². The van der Waals surface area contributed by atoms with E-state index in [0.717, 1.165) is 44.5 Å². The highest BCUT2D eigenvalue weighted by atomic mass is 15.0. The molecule has 1 aliphatic carbocycles. The molecule has 250 valence electrons. The van der Waals surface area contributed by atoms with E-state index in [1.807, 2.05) is 24.3 Å². The number of benzene rings is 7. The number of aromatic nitrogens is 3. The van der Waals surface area contributed by atoms with E-state index in [4.69, 9.17) is 21.5 Å². The van der Waals surface area contributed by atoms with Crippen molar-refractivity contribution in [2.45, 2.75) is 19.3 Å². The molecule has 7 aromatic carbocycles. The third kappa shape index (κ3) is 5.89. The predicted molar refractivity (Wildman–Crippen MR) is 216 cm³/mol. The van der Waals surface area contributed by atoms with Gasteiger partial charge in [0.15, 0.2) is 23.2 Å². The van der Waals surface area contributed by atoms with Gasteiger partial charge in [-0.3, -0.25) is 0 Å². The molecular weight excluding hydrogens is 645 g/mol. The fraction of sp³-hybridized carbons (Fsp3) is 0.0612. The van der Waals surface area contributed by atoms with Gasteiger partial charge in [0, 0.05) is 22.1 Å². The van der Waals surface area contributed by atoms with Crippen LogP contribution < -0.4 is 0 Å². The van der Waals surface area contributed by atoms with E-state index >= 15 is 0 Å². The van der Waals surface area contributed by atoms with Crippen molar-refractivity contribution >= 4 is 5.69 Å². The summed E-state index contributed by atoms with van der Waals surface area (Å²) in [5, 5.41) is 0. The number of rotatable bonds is 6. The van der Waals surface area contributed by atoms with Gasteiger partial charge in [-0.05, 0) is 67.8 Å². The lowest BCUT2D eigenvalue weighted by atomic mass is 9.81. The zero-order valence-electron chi connectivity index (χ0n) is 29.5. The van der Waals surface area contributed by atoms with E-state index in [1.54, 1.807) is 0 Å². The summed E-state index contributed by atoms with van der Waals surface area (Å²) in [5.74, 6) is 1.88. The molecule has 0 N–H and O–H groups in total. The van der Waals surface area contributed by atoms with Crippen molar-refractivity contribution in [3.8, 4) is 78.7 Å². The maximum absolute atomic E-state index is 7.51. The molecule has 0 saturated carbocycles. The Hall–Kier alpha value is -6.96. The molecule has 0 unspecified atom stereocenters. The quantitative estimate of drug-likeness (QED) is 0.164. The number of fused-ring (bicyclic) bond motifs is 3. The van der Waals surface area contributed by atoms with E-state index in [-0.39, 0.29) is 5.41 Å². The lowest BCUT2D eigenvalue weighted by Crippen LogP contribution is -2.14. The first-order valence-electron chi connectivity index (χ1n) is 17.8. The predicted octanol–water partition coefficient (Wildman–Crippen LogP) is 12.7. The molecule has 0 aliphatic heterocycles. The van der Waals surface area contributed by atoms with Gasteiger partial charge in [0.25, 0.3) is 0 Å². The van der Waals surface area contributed by atoms with Crippen molar-refractivity contribution in [2.24, 2.45) is 0 Å². The van der Waals surface area contributed by atoms with E-state index in [9.17, 15) is 0 Å². The summed E-state index contributed by atoms with van der Waals surface area (Å²) in [7, 11) is 0. The molecule has 0 saturated heterocycles. The van der Waals surface area contributed by atoms with Crippen molar-refractivity contribution in [1.29, 1.82) is 0 Å². The molecule has 9 rings (SSSR count). The molecule has 1 aliphatic rings. The smallest absolute Gasteiger partial charge is 0.187 e. The first-order valence-corrected chi connectivity index (χ1v) is 17.8. The van der Waals surface area contributed by atoms with Crippen molar-refractivity contribution in [2.75, 3.05) is 0 Å². The van der Waals surface area contributed by atoms with Gasteiger partial charge in [0.2, 0.25) is 0 Å². The van der Waals surface area contributed by atoms with Gasteiger partial charge in [-0.15, -0.1) is 0 Å².